The Kier molecular flexibility index (Phi) is 5.14. The molecule has 0 fully saturated rings. The summed E-state index contributed by atoms with van der Waals surface area (Å²) in [5, 5.41) is 5.18. The van der Waals surface area contributed by atoms with Crippen LogP contribution in [0.5, 0.6) is 0 Å². The molecule has 1 aliphatic rings. The van der Waals surface area contributed by atoms with Crippen molar-refractivity contribution in [3.8, 4) is 5.69 Å². The van der Waals surface area contributed by atoms with Gasteiger partial charge in [0.1, 0.15) is 0 Å². The number of benzene rings is 2. The maximum Gasteiger partial charge on any atom is 0.359 e. The quantitative estimate of drug-likeness (QED) is 0.478. The van der Waals surface area contributed by atoms with E-state index >= 15 is 0 Å². The van der Waals surface area contributed by atoms with E-state index in [2.05, 4.69) is 15.1 Å². The first-order chi connectivity index (χ1) is 15.5. The summed E-state index contributed by atoms with van der Waals surface area (Å²) in [7, 11) is 0. The number of esters is 1. The van der Waals surface area contributed by atoms with E-state index in [-0.39, 0.29) is 24.8 Å². The molecule has 2 aromatic heterocycles. The molecule has 0 radical (unpaired) electrons. The first-order valence-corrected chi connectivity index (χ1v) is 10.7. The van der Waals surface area contributed by atoms with E-state index in [1.165, 1.54) is 0 Å². The van der Waals surface area contributed by atoms with Gasteiger partial charge >= 0.3 is 5.97 Å². The number of H-pyrrole nitrogens is 1. The highest BCUT2D eigenvalue weighted by molar-refractivity contribution is 6.30. The zero-order chi connectivity index (χ0) is 22.2. The van der Waals surface area contributed by atoms with Gasteiger partial charge in [0.05, 0.1) is 41.9 Å². The van der Waals surface area contributed by atoms with Crippen molar-refractivity contribution in [1.29, 1.82) is 0 Å². The summed E-state index contributed by atoms with van der Waals surface area (Å²) in [6.45, 7) is 2.78. The third-order valence-corrected chi connectivity index (χ3v) is 5.80. The standard InChI is InChI=1S/C23H20ClN5O3/c1-2-32-23(31)21-17-12-28(22(30)14-3-8-18-19(11-14)26-13-25-18)10-9-20(17)29(27-21)16-6-4-15(24)5-7-16/h3-8,11,13H,2,9-10,12H2,1H3,(H,25,26). The van der Waals surface area contributed by atoms with E-state index in [1.54, 1.807) is 47.1 Å². The Hall–Kier alpha value is -3.65. The number of nitrogens with one attached hydrogen (secondary N) is 1. The molecule has 0 unspecified atom stereocenters. The van der Waals surface area contributed by atoms with E-state index < -0.39 is 5.97 Å². The highest BCUT2D eigenvalue weighted by atomic mass is 35.5. The van der Waals surface area contributed by atoms with Gasteiger partial charge in [-0.3, -0.25) is 4.79 Å². The van der Waals surface area contributed by atoms with Gasteiger partial charge in [-0.2, -0.15) is 5.10 Å². The average Bonchev–Trinajstić information content (AvgIpc) is 3.43. The fourth-order valence-electron chi connectivity index (χ4n) is 4.00. The van der Waals surface area contributed by atoms with Crippen LogP contribution in [0.25, 0.3) is 16.7 Å². The number of carbonyl (C=O) groups is 2. The number of amides is 1. The molecule has 0 saturated heterocycles. The zero-order valence-corrected chi connectivity index (χ0v) is 18.1. The smallest absolute Gasteiger partial charge is 0.359 e. The van der Waals surface area contributed by atoms with Crippen LogP contribution in [0.1, 0.15) is 39.0 Å². The fourth-order valence-corrected chi connectivity index (χ4v) is 4.13. The lowest BCUT2D eigenvalue weighted by molar-refractivity contribution is 0.0513. The summed E-state index contributed by atoms with van der Waals surface area (Å²) < 4.78 is 6.98. The highest BCUT2D eigenvalue weighted by Gasteiger charge is 2.31. The number of aromatic nitrogens is 4. The molecule has 8 nitrogen and oxygen atoms in total. The van der Waals surface area contributed by atoms with Crippen LogP contribution >= 0.6 is 11.6 Å². The van der Waals surface area contributed by atoms with E-state index in [1.807, 2.05) is 18.2 Å². The predicted octanol–water partition coefficient (Wildman–Crippen LogP) is 3.78. The van der Waals surface area contributed by atoms with Crippen molar-refractivity contribution in [1.82, 2.24) is 24.6 Å². The van der Waals surface area contributed by atoms with Gasteiger partial charge < -0.3 is 14.6 Å². The Bertz CT molecular complexity index is 1330. The third kappa shape index (κ3) is 3.52. The van der Waals surface area contributed by atoms with Crippen LogP contribution in [0.3, 0.4) is 0 Å². The number of nitrogens with zero attached hydrogens (tertiary/aromatic N) is 4. The van der Waals surface area contributed by atoms with Gasteiger partial charge in [0.15, 0.2) is 5.69 Å². The molecule has 1 amide bonds. The lowest BCUT2D eigenvalue weighted by Gasteiger charge is -2.28. The molecule has 5 rings (SSSR count). The second kappa shape index (κ2) is 8.12. The summed E-state index contributed by atoms with van der Waals surface area (Å²) in [4.78, 5) is 34.8. The molecule has 0 atom stereocenters. The van der Waals surface area contributed by atoms with Crippen LogP contribution in [0, 0.1) is 0 Å². The second-order valence-corrected chi connectivity index (χ2v) is 7.93. The van der Waals surface area contributed by atoms with Crippen molar-refractivity contribution >= 4 is 34.5 Å². The first-order valence-electron chi connectivity index (χ1n) is 10.3. The normalized spacial score (nSPS) is 13.2. The Morgan fingerprint density at radius 2 is 2.00 bits per heavy atom. The van der Waals surface area contributed by atoms with Crippen molar-refractivity contribution in [2.75, 3.05) is 13.2 Å². The number of fused-ring (bicyclic) bond motifs is 2. The number of aromatic amines is 1. The summed E-state index contributed by atoms with van der Waals surface area (Å²) in [6, 6.07) is 12.6. The maximum absolute atomic E-state index is 13.2. The fraction of sp³-hybridized carbons (Fsp3) is 0.217. The minimum Gasteiger partial charge on any atom is -0.461 e. The SMILES string of the molecule is CCOC(=O)c1nn(-c2ccc(Cl)cc2)c2c1CN(C(=O)c1ccc3nc[nH]c3c1)CC2. The van der Waals surface area contributed by atoms with Crippen molar-refractivity contribution in [3.05, 3.63) is 76.3 Å². The summed E-state index contributed by atoms with van der Waals surface area (Å²) >= 11 is 6.03. The van der Waals surface area contributed by atoms with Crippen LogP contribution in [0.2, 0.25) is 5.02 Å². The van der Waals surface area contributed by atoms with Gasteiger partial charge in [0.2, 0.25) is 0 Å². The molecule has 0 bridgehead atoms. The van der Waals surface area contributed by atoms with Gasteiger partial charge in [-0.1, -0.05) is 11.6 Å². The molecule has 1 aliphatic heterocycles. The Labute approximate surface area is 188 Å². The molecule has 3 heterocycles. The van der Waals surface area contributed by atoms with Crippen molar-refractivity contribution < 1.29 is 14.3 Å². The average molecular weight is 450 g/mol. The minimum atomic E-state index is -0.496. The van der Waals surface area contributed by atoms with Gasteiger partial charge in [-0.15, -0.1) is 0 Å². The van der Waals surface area contributed by atoms with Crippen LogP contribution in [0.4, 0.5) is 0 Å². The summed E-state index contributed by atoms with van der Waals surface area (Å²) in [5.74, 6) is -0.606. The van der Waals surface area contributed by atoms with Crippen LogP contribution < -0.4 is 0 Å². The number of hydrogen-bond donors (Lipinski definition) is 1. The minimum absolute atomic E-state index is 0.110. The molecule has 0 aliphatic carbocycles. The number of hydrogen-bond acceptors (Lipinski definition) is 5. The molecule has 0 spiro atoms. The van der Waals surface area contributed by atoms with Crippen LogP contribution in [-0.4, -0.2) is 49.7 Å². The number of imidazole rings is 1. The summed E-state index contributed by atoms with van der Waals surface area (Å²) in [6.07, 6.45) is 2.16. The topological polar surface area (TPSA) is 93.1 Å². The van der Waals surface area contributed by atoms with Gasteiger partial charge in [-0.05, 0) is 49.4 Å². The van der Waals surface area contributed by atoms with E-state index in [0.717, 1.165) is 22.4 Å². The zero-order valence-electron chi connectivity index (χ0n) is 17.3. The number of carbonyl (C=O) groups excluding carboxylic acids is 2. The Morgan fingerprint density at radius 1 is 1.19 bits per heavy atom. The van der Waals surface area contributed by atoms with Crippen molar-refractivity contribution in [2.45, 2.75) is 19.9 Å². The van der Waals surface area contributed by atoms with E-state index in [0.29, 0.717) is 29.1 Å². The van der Waals surface area contributed by atoms with Crippen molar-refractivity contribution in [2.24, 2.45) is 0 Å². The first kappa shape index (κ1) is 20.3. The highest BCUT2D eigenvalue weighted by Crippen LogP contribution is 2.28. The van der Waals surface area contributed by atoms with Crippen LogP contribution in [-0.2, 0) is 17.7 Å². The number of rotatable bonds is 4. The molecule has 32 heavy (non-hydrogen) atoms. The lowest BCUT2D eigenvalue weighted by Crippen LogP contribution is -2.36. The number of ether oxygens (including phenoxy) is 1. The molecular weight excluding hydrogens is 430 g/mol. The monoisotopic (exact) mass is 449 g/mol. The molecule has 162 valence electrons. The Balaban J connectivity index is 1.51. The third-order valence-electron chi connectivity index (χ3n) is 5.55. The van der Waals surface area contributed by atoms with Gasteiger partial charge in [0.25, 0.3) is 5.91 Å². The van der Waals surface area contributed by atoms with E-state index in [4.69, 9.17) is 16.3 Å². The number of halogens is 1. The van der Waals surface area contributed by atoms with Crippen molar-refractivity contribution in [3.63, 3.8) is 0 Å². The molecule has 1 N–H and O–H groups in total. The summed E-state index contributed by atoms with van der Waals surface area (Å²) in [5.41, 5.74) is 4.80. The van der Waals surface area contributed by atoms with Gasteiger partial charge in [-0.25, -0.2) is 14.5 Å². The molecule has 2 aromatic carbocycles. The molecule has 4 aromatic rings. The Morgan fingerprint density at radius 3 is 2.78 bits per heavy atom. The molecule has 9 heteroatoms. The molecule has 0 saturated carbocycles. The maximum atomic E-state index is 13.2. The van der Waals surface area contributed by atoms with Gasteiger partial charge in [0, 0.05) is 29.1 Å². The molecular formula is C23H20ClN5O3. The lowest BCUT2D eigenvalue weighted by atomic mass is 10.0. The van der Waals surface area contributed by atoms with Crippen LogP contribution in [0.15, 0.2) is 48.8 Å². The second-order valence-electron chi connectivity index (χ2n) is 7.49. The predicted molar refractivity (Wildman–Crippen MR) is 119 cm³/mol. The largest absolute Gasteiger partial charge is 0.461 e. The van der Waals surface area contributed by atoms with E-state index in [9.17, 15) is 9.59 Å².